The predicted octanol–water partition coefficient (Wildman–Crippen LogP) is 2.44. The van der Waals surface area contributed by atoms with Gasteiger partial charge in [0.2, 0.25) is 5.91 Å². The lowest BCUT2D eigenvalue weighted by Crippen LogP contribution is -2.25. The molecule has 3 nitrogen and oxygen atoms in total. The van der Waals surface area contributed by atoms with E-state index in [4.69, 9.17) is 4.74 Å². The molecule has 0 saturated carbocycles. The molecule has 94 valence electrons. The lowest BCUT2D eigenvalue weighted by atomic mass is 10.1. The zero-order chi connectivity index (χ0) is 12.7. The first kappa shape index (κ1) is 14.4. The van der Waals surface area contributed by atoms with Crippen molar-refractivity contribution in [3.8, 4) is 5.75 Å². The Kier molecular flexibility index (Phi) is 6.44. The third-order valence-electron chi connectivity index (χ3n) is 2.30. The molecule has 1 aromatic rings. The second-order valence-corrected chi connectivity index (χ2v) is 4.89. The summed E-state index contributed by atoms with van der Waals surface area (Å²) in [6, 6.07) is 5.85. The van der Waals surface area contributed by atoms with Crippen LogP contribution in [0.5, 0.6) is 5.75 Å². The van der Waals surface area contributed by atoms with Crippen LogP contribution in [0.25, 0.3) is 0 Å². The second-order valence-electron chi connectivity index (χ2n) is 3.53. The van der Waals surface area contributed by atoms with Crippen molar-refractivity contribution >= 4 is 34.5 Å². The van der Waals surface area contributed by atoms with Crippen molar-refractivity contribution in [3.63, 3.8) is 0 Å². The molecule has 5 heteroatoms. The van der Waals surface area contributed by atoms with Crippen LogP contribution in [0.2, 0.25) is 0 Å². The fourth-order valence-corrected chi connectivity index (χ4v) is 2.08. The summed E-state index contributed by atoms with van der Waals surface area (Å²) >= 11 is 7.43. The summed E-state index contributed by atoms with van der Waals surface area (Å²) in [5, 5.41) is 2.84. The minimum Gasteiger partial charge on any atom is -0.496 e. The van der Waals surface area contributed by atoms with Gasteiger partial charge in [-0.05, 0) is 35.9 Å². The van der Waals surface area contributed by atoms with Crippen LogP contribution in [0.1, 0.15) is 12.0 Å². The van der Waals surface area contributed by atoms with E-state index >= 15 is 0 Å². The molecule has 1 aromatic carbocycles. The first-order valence-corrected chi connectivity index (χ1v) is 6.80. The van der Waals surface area contributed by atoms with Gasteiger partial charge in [0.05, 0.1) is 7.11 Å². The summed E-state index contributed by atoms with van der Waals surface area (Å²) in [6.07, 6.45) is 1.21. The maximum atomic E-state index is 11.3. The van der Waals surface area contributed by atoms with Crippen molar-refractivity contribution in [3.05, 3.63) is 28.2 Å². The monoisotopic (exact) mass is 317 g/mol. The normalized spacial score (nSPS) is 10.1. The van der Waals surface area contributed by atoms with Gasteiger partial charge in [-0.2, -0.15) is 12.6 Å². The molecule has 0 fully saturated rings. The van der Waals surface area contributed by atoms with Gasteiger partial charge in [0.15, 0.2) is 0 Å². The lowest BCUT2D eigenvalue weighted by Gasteiger charge is -2.09. The first-order valence-electron chi connectivity index (χ1n) is 5.37. The van der Waals surface area contributed by atoms with E-state index < -0.39 is 0 Å². The molecule has 0 heterocycles. The zero-order valence-electron chi connectivity index (χ0n) is 9.70. The molecule has 0 saturated heterocycles. The van der Waals surface area contributed by atoms with Crippen LogP contribution in [0, 0.1) is 0 Å². The molecule has 1 amide bonds. The molecule has 0 aliphatic rings. The highest BCUT2D eigenvalue weighted by atomic mass is 79.9. The van der Waals surface area contributed by atoms with Gasteiger partial charge in [-0.25, -0.2) is 0 Å². The Hall–Kier alpha value is -0.680. The van der Waals surface area contributed by atoms with Gasteiger partial charge in [0, 0.05) is 17.4 Å². The first-order chi connectivity index (χ1) is 8.17. The van der Waals surface area contributed by atoms with Crippen LogP contribution in [-0.4, -0.2) is 25.3 Å². The molecule has 1 N–H and O–H groups in total. The van der Waals surface area contributed by atoms with Crippen molar-refractivity contribution in [2.24, 2.45) is 0 Å². The fraction of sp³-hybridized carbons (Fsp3) is 0.417. The van der Waals surface area contributed by atoms with Gasteiger partial charge in [0.1, 0.15) is 5.75 Å². The smallest absolute Gasteiger partial charge is 0.220 e. The van der Waals surface area contributed by atoms with Crippen molar-refractivity contribution in [2.45, 2.75) is 12.8 Å². The maximum Gasteiger partial charge on any atom is 0.220 e. The molecule has 0 aliphatic carbocycles. The maximum absolute atomic E-state index is 11.3. The number of carbonyl (C=O) groups is 1. The minimum atomic E-state index is 0.0361. The number of benzene rings is 1. The quantitative estimate of drug-likeness (QED) is 0.791. The van der Waals surface area contributed by atoms with Crippen molar-refractivity contribution in [1.82, 2.24) is 5.32 Å². The molecule has 0 atom stereocenters. The molecular weight excluding hydrogens is 302 g/mol. The Morgan fingerprint density at radius 2 is 2.29 bits per heavy atom. The Bertz CT molecular complexity index is 385. The van der Waals surface area contributed by atoms with E-state index in [1.165, 1.54) is 0 Å². The summed E-state index contributed by atoms with van der Waals surface area (Å²) in [7, 11) is 1.65. The topological polar surface area (TPSA) is 38.3 Å². The van der Waals surface area contributed by atoms with Crippen LogP contribution in [0.3, 0.4) is 0 Å². The third kappa shape index (κ3) is 5.00. The van der Waals surface area contributed by atoms with Crippen LogP contribution >= 0.6 is 28.6 Å². The standard InChI is InChI=1S/C12H16BrNO2S/c1-16-11-3-2-10(13)8-9(11)4-6-14-12(15)5-7-17/h2-3,8,17H,4-7H2,1H3,(H,14,15). The molecule has 0 unspecified atom stereocenters. The van der Waals surface area contributed by atoms with Crippen molar-refractivity contribution in [2.75, 3.05) is 19.4 Å². The molecule has 0 radical (unpaired) electrons. The van der Waals surface area contributed by atoms with E-state index in [0.717, 1.165) is 22.2 Å². The molecule has 0 aliphatic heterocycles. The van der Waals surface area contributed by atoms with Gasteiger partial charge >= 0.3 is 0 Å². The van der Waals surface area contributed by atoms with Gasteiger partial charge in [0.25, 0.3) is 0 Å². The second kappa shape index (κ2) is 7.61. The number of thiol groups is 1. The van der Waals surface area contributed by atoms with Gasteiger partial charge in [-0.1, -0.05) is 15.9 Å². The van der Waals surface area contributed by atoms with E-state index in [-0.39, 0.29) is 5.91 Å². The van der Waals surface area contributed by atoms with Gasteiger partial charge in [-0.3, -0.25) is 4.79 Å². The largest absolute Gasteiger partial charge is 0.496 e. The fourth-order valence-electron chi connectivity index (χ4n) is 1.47. The van der Waals surface area contributed by atoms with Crippen LogP contribution in [0.15, 0.2) is 22.7 Å². The number of ether oxygens (including phenoxy) is 1. The Morgan fingerprint density at radius 1 is 1.53 bits per heavy atom. The molecule has 0 bridgehead atoms. The number of halogens is 1. The minimum absolute atomic E-state index is 0.0361. The van der Waals surface area contributed by atoms with Gasteiger partial charge in [-0.15, -0.1) is 0 Å². The van der Waals surface area contributed by atoms with Gasteiger partial charge < -0.3 is 10.1 Å². The number of rotatable bonds is 6. The molecule has 0 aromatic heterocycles. The Morgan fingerprint density at radius 3 is 2.94 bits per heavy atom. The third-order valence-corrected chi connectivity index (χ3v) is 3.01. The van der Waals surface area contributed by atoms with E-state index in [0.29, 0.717) is 18.7 Å². The van der Waals surface area contributed by atoms with E-state index in [2.05, 4.69) is 33.9 Å². The Balaban J connectivity index is 2.50. The predicted molar refractivity (Wildman–Crippen MR) is 75.9 cm³/mol. The molecule has 1 rings (SSSR count). The van der Waals surface area contributed by atoms with Crippen molar-refractivity contribution < 1.29 is 9.53 Å². The highest BCUT2D eigenvalue weighted by Crippen LogP contribution is 2.23. The molecule has 17 heavy (non-hydrogen) atoms. The van der Waals surface area contributed by atoms with E-state index in [9.17, 15) is 4.79 Å². The van der Waals surface area contributed by atoms with E-state index in [1.54, 1.807) is 7.11 Å². The summed E-state index contributed by atoms with van der Waals surface area (Å²) in [5.41, 5.74) is 1.08. The Labute approximate surface area is 115 Å². The number of nitrogens with one attached hydrogen (secondary N) is 1. The average molecular weight is 318 g/mol. The highest BCUT2D eigenvalue weighted by Gasteiger charge is 2.04. The summed E-state index contributed by atoms with van der Waals surface area (Å²) < 4.78 is 6.27. The summed E-state index contributed by atoms with van der Waals surface area (Å²) in [4.78, 5) is 11.3. The zero-order valence-corrected chi connectivity index (χ0v) is 12.2. The summed E-state index contributed by atoms with van der Waals surface area (Å²) in [6.45, 7) is 0.611. The van der Waals surface area contributed by atoms with Crippen LogP contribution in [0.4, 0.5) is 0 Å². The number of methoxy groups -OCH3 is 1. The number of hydrogen-bond donors (Lipinski definition) is 2. The van der Waals surface area contributed by atoms with Crippen molar-refractivity contribution in [1.29, 1.82) is 0 Å². The molecular formula is C12H16BrNO2S. The van der Waals surface area contributed by atoms with Crippen LogP contribution < -0.4 is 10.1 Å². The summed E-state index contributed by atoms with van der Waals surface area (Å²) in [5.74, 6) is 1.46. The number of carbonyl (C=O) groups excluding carboxylic acids is 1. The molecule has 0 spiro atoms. The SMILES string of the molecule is COc1ccc(Br)cc1CCNC(=O)CCS. The number of amides is 1. The highest BCUT2D eigenvalue weighted by molar-refractivity contribution is 9.10. The number of hydrogen-bond acceptors (Lipinski definition) is 3. The van der Waals surface area contributed by atoms with Crippen LogP contribution in [-0.2, 0) is 11.2 Å². The average Bonchev–Trinajstić information content (AvgIpc) is 2.30. The van der Waals surface area contributed by atoms with E-state index in [1.807, 2.05) is 18.2 Å². The lowest BCUT2D eigenvalue weighted by molar-refractivity contribution is -0.120.